The first-order valence-corrected chi connectivity index (χ1v) is 15.2. The smallest absolute Gasteiger partial charge is 0.352 e. The highest BCUT2D eigenvalue weighted by Gasteiger charge is 2.54. The molecule has 2 aromatic carbocycles. The number of carbonyl (C=O) groups is 5. The molecule has 1 saturated heterocycles. The Kier molecular flexibility index (Phi) is 9.67. The van der Waals surface area contributed by atoms with Gasteiger partial charge in [-0.25, -0.2) is 14.6 Å². The molecular formula is C29H26ClN7O9S. The standard InChI is InChI=1S/C29H26ClN7O9S/c1-13(38)46-11-15-12-47-26-21(25(42)37(26)22(15)27(43)44)34-24(41)20(14-2-8-18(39)9-3-14)35-29(45)33-19-10-31-28(36-23(19)40)32-17-6-4-16(30)5-7-17/h2-10,20-21,26,39H,11-12H2,1H3,(H,34,41)(H,43,44)(H2,33,35,45)(H2,31,32,36,40)/t20-,21?,26-/m1/s1. The molecule has 0 saturated carbocycles. The van der Waals surface area contributed by atoms with Crippen molar-refractivity contribution in [1.82, 2.24) is 25.5 Å². The van der Waals surface area contributed by atoms with Gasteiger partial charge in [0, 0.05) is 29.0 Å². The number of carboxylic acid groups (broad SMARTS) is 1. The first-order valence-electron chi connectivity index (χ1n) is 13.7. The number of rotatable bonds is 10. The number of hydrogen-bond donors (Lipinski definition) is 7. The predicted molar refractivity (Wildman–Crippen MR) is 169 cm³/mol. The number of urea groups is 1. The van der Waals surface area contributed by atoms with Crippen molar-refractivity contribution in [3.8, 4) is 5.75 Å². The van der Waals surface area contributed by atoms with Crippen molar-refractivity contribution in [3.05, 3.63) is 86.9 Å². The number of aromatic nitrogens is 2. The number of benzene rings is 2. The minimum absolute atomic E-state index is 0.0869. The number of H-pyrrole nitrogens is 1. The number of ether oxygens (including phenoxy) is 1. The van der Waals surface area contributed by atoms with Gasteiger partial charge in [0.15, 0.2) is 0 Å². The van der Waals surface area contributed by atoms with Crippen LogP contribution in [0.2, 0.25) is 5.02 Å². The molecule has 2 aliphatic heterocycles. The summed E-state index contributed by atoms with van der Waals surface area (Å²) in [5.41, 5.74) is -0.232. The second kappa shape index (κ2) is 13.8. The summed E-state index contributed by atoms with van der Waals surface area (Å²) >= 11 is 7.05. The first kappa shape index (κ1) is 32.8. The maximum atomic E-state index is 13.5. The summed E-state index contributed by atoms with van der Waals surface area (Å²) in [6.07, 6.45) is 1.11. The SMILES string of the molecule is CC(=O)OCC1=C(C(=O)O)N2C(=O)C(NC(=O)[C@H](NC(=O)Nc3cnc(Nc4ccc(Cl)cc4)[nH]c3=O)c3ccc(O)cc3)[C@H]2SC1. The summed E-state index contributed by atoms with van der Waals surface area (Å²) in [5, 5.41) is 29.5. The van der Waals surface area contributed by atoms with Gasteiger partial charge in [0.2, 0.25) is 11.9 Å². The second-order valence-electron chi connectivity index (χ2n) is 10.2. The average molecular weight is 684 g/mol. The number of nitrogens with zero attached hydrogens (tertiary/aromatic N) is 2. The van der Waals surface area contributed by atoms with Gasteiger partial charge >= 0.3 is 18.0 Å². The van der Waals surface area contributed by atoms with E-state index in [4.69, 9.17) is 16.3 Å². The maximum Gasteiger partial charge on any atom is 0.352 e. The number of phenols is 1. The molecule has 2 aliphatic rings. The van der Waals surface area contributed by atoms with Crippen molar-refractivity contribution in [2.45, 2.75) is 24.4 Å². The van der Waals surface area contributed by atoms with E-state index in [2.05, 4.69) is 31.2 Å². The number of esters is 1. The number of phenolic OH excluding ortho intramolecular Hbond substituents is 1. The van der Waals surface area contributed by atoms with Crippen molar-refractivity contribution < 1.29 is 38.9 Å². The Morgan fingerprint density at radius 1 is 1.13 bits per heavy atom. The summed E-state index contributed by atoms with van der Waals surface area (Å²) in [6, 6.07) is 8.42. The van der Waals surface area contributed by atoms with Gasteiger partial charge in [-0.1, -0.05) is 23.7 Å². The number of hydrogen-bond acceptors (Lipinski definition) is 11. The summed E-state index contributed by atoms with van der Waals surface area (Å²) in [6.45, 7) is 0.866. The fraction of sp³-hybridized carbons (Fsp3) is 0.207. The van der Waals surface area contributed by atoms with Gasteiger partial charge in [-0.2, -0.15) is 0 Å². The monoisotopic (exact) mass is 683 g/mol. The maximum absolute atomic E-state index is 13.5. The van der Waals surface area contributed by atoms with Crippen molar-refractivity contribution in [2.24, 2.45) is 0 Å². The molecule has 0 radical (unpaired) electrons. The normalized spacial score (nSPS) is 17.5. The number of β-lactam (4-membered cyclic amide) rings is 1. The van der Waals surface area contributed by atoms with Gasteiger partial charge < -0.3 is 36.2 Å². The van der Waals surface area contributed by atoms with Gasteiger partial charge in [0.25, 0.3) is 11.5 Å². The number of anilines is 3. The van der Waals surface area contributed by atoms with E-state index >= 15 is 0 Å². The number of carbonyl (C=O) groups excluding carboxylic acids is 4. The molecule has 3 atom stereocenters. The zero-order valence-electron chi connectivity index (χ0n) is 24.3. The van der Waals surface area contributed by atoms with E-state index in [0.717, 1.165) is 11.1 Å². The van der Waals surface area contributed by atoms with E-state index in [9.17, 15) is 39.0 Å². The molecule has 3 heterocycles. The van der Waals surface area contributed by atoms with Crippen LogP contribution in [0.1, 0.15) is 18.5 Å². The van der Waals surface area contributed by atoms with Crippen LogP contribution in [-0.4, -0.2) is 78.6 Å². The number of aromatic amines is 1. The molecule has 1 fully saturated rings. The quantitative estimate of drug-likeness (QED) is 0.120. The summed E-state index contributed by atoms with van der Waals surface area (Å²) < 4.78 is 4.93. The third-order valence-electron chi connectivity index (χ3n) is 6.92. The van der Waals surface area contributed by atoms with Crippen molar-refractivity contribution in [2.75, 3.05) is 23.0 Å². The van der Waals surface area contributed by atoms with Crippen LogP contribution in [0, 0.1) is 0 Å². The number of thioether (sulfide) groups is 1. The zero-order valence-corrected chi connectivity index (χ0v) is 25.8. The van der Waals surface area contributed by atoms with Crippen LogP contribution in [0.25, 0.3) is 0 Å². The lowest BCUT2D eigenvalue weighted by Crippen LogP contribution is -2.71. The Balaban J connectivity index is 1.29. The second-order valence-corrected chi connectivity index (χ2v) is 11.7. The van der Waals surface area contributed by atoms with E-state index in [1.807, 2.05) is 0 Å². The van der Waals surface area contributed by atoms with Crippen LogP contribution < -0.4 is 26.8 Å². The molecule has 0 spiro atoms. The third kappa shape index (κ3) is 7.47. The Morgan fingerprint density at radius 3 is 2.47 bits per heavy atom. The molecule has 244 valence electrons. The molecule has 16 nitrogen and oxygen atoms in total. The number of fused-ring (bicyclic) bond motifs is 1. The van der Waals surface area contributed by atoms with E-state index in [1.165, 1.54) is 43.0 Å². The van der Waals surface area contributed by atoms with Crippen molar-refractivity contribution >= 4 is 70.5 Å². The van der Waals surface area contributed by atoms with Crippen LogP contribution in [0.3, 0.4) is 0 Å². The molecule has 0 bridgehead atoms. The van der Waals surface area contributed by atoms with Gasteiger partial charge in [0.1, 0.15) is 41.2 Å². The lowest BCUT2D eigenvalue weighted by Gasteiger charge is -2.49. The van der Waals surface area contributed by atoms with Gasteiger partial charge in [-0.15, -0.1) is 11.8 Å². The molecule has 5 rings (SSSR count). The average Bonchev–Trinajstić information content (AvgIpc) is 3.03. The van der Waals surface area contributed by atoms with Crippen LogP contribution in [-0.2, 0) is 23.9 Å². The van der Waals surface area contributed by atoms with E-state index in [0.29, 0.717) is 10.7 Å². The number of aliphatic carboxylic acids is 1. The van der Waals surface area contributed by atoms with E-state index in [1.54, 1.807) is 24.3 Å². The molecule has 3 aromatic rings. The van der Waals surface area contributed by atoms with Crippen molar-refractivity contribution in [1.29, 1.82) is 0 Å². The Hall–Kier alpha value is -5.55. The number of carboxylic acids is 1. The van der Waals surface area contributed by atoms with Gasteiger partial charge in [0.05, 0.1) is 6.20 Å². The molecule has 0 aliphatic carbocycles. The summed E-state index contributed by atoms with van der Waals surface area (Å²) in [4.78, 5) is 83.1. The summed E-state index contributed by atoms with van der Waals surface area (Å²) in [7, 11) is 0. The number of amides is 4. The number of nitrogens with one attached hydrogen (secondary N) is 5. The van der Waals surface area contributed by atoms with Gasteiger partial charge in [-0.3, -0.25) is 29.1 Å². The van der Waals surface area contributed by atoms with E-state index in [-0.39, 0.29) is 46.6 Å². The topological polar surface area (TPSA) is 232 Å². The number of aromatic hydroxyl groups is 1. The lowest BCUT2D eigenvalue weighted by atomic mass is 10.0. The Bertz CT molecular complexity index is 1830. The van der Waals surface area contributed by atoms with Crippen LogP contribution in [0.4, 0.5) is 22.1 Å². The Morgan fingerprint density at radius 2 is 1.83 bits per heavy atom. The van der Waals surface area contributed by atoms with Gasteiger partial charge in [-0.05, 0) is 42.0 Å². The van der Waals surface area contributed by atoms with E-state index < -0.39 is 52.8 Å². The largest absolute Gasteiger partial charge is 0.508 e. The molecule has 7 N–H and O–H groups in total. The highest BCUT2D eigenvalue weighted by Crippen LogP contribution is 2.40. The van der Waals surface area contributed by atoms with Crippen LogP contribution in [0.15, 0.2) is 70.8 Å². The molecule has 47 heavy (non-hydrogen) atoms. The van der Waals surface area contributed by atoms with Crippen LogP contribution >= 0.6 is 23.4 Å². The molecule has 1 unspecified atom stereocenters. The van der Waals surface area contributed by atoms with Crippen molar-refractivity contribution in [3.63, 3.8) is 0 Å². The number of halogens is 1. The fourth-order valence-electron chi connectivity index (χ4n) is 4.69. The third-order valence-corrected chi connectivity index (χ3v) is 8.51. The molecule has 18 heteroatoms. The molecule has 1 aromatic heterocycles. The first-order chi connectivity index (χ1) is 22.4. The lowest BCUT2D eigenvalue weighted by molar-refractivity contribution is -0.151. The summed E-state index contributed by atoms with van der Waals surface area (Å²) in [5.74, 6) is -3.46. The Labute approximate surface area is 274 Å². The minimum atomic E-state index is -1.42. The zero-order chi connectivity index (χ0) is 33.8. The fourth-order valence-corrected chi connectivity index (χ4v) is 6.15. The highest BCUT2D eigenvalue weighted by atomic mass is 35.5. The molecular weight excluding hydrogens is 658 g/mol. The van der Waals surface area contributed by atoms with Crippen LogP contribution in [0.5, 0.6) is 5.75 Å². The minimum Gasteiger partial charge on any atom is -0.508 e. The highest BCUT2D eigenvalue weighted by molar-refractivity contribution is 8.00. The molecule has 4 amide bonds. The predicted octanol–water partition coefficient (Wildman–Crippen LogP) is 2.04.